The van der Waals surface area contributed by atoms with Crippen molar-refractivity contribution >= 4 is 5.97 Å². The molecule has 16 heavy (non-hydrogen) atoms. The van der Waals surface area contributed by atoms with Gasteiger partial charge in [0.15, 0.2) is 0 Å². The standard InChI is InChI=1S/C12H18N2O2/c1-9-4-2-3-7-14(9)11-8-10(12(15)16)5-6-13-11/h5-6,8-9,11,13H,2-4,7H2,1H3,(H,15,16)/t9-,11?/m1/s1. The molecular formula is C12H18N2O2. The Balaban J connectivity index is 2.09. The molecule has 0 aromatic rings. The van der Waals surface area contributed by atoms with Crippen LogP contribution < -0.4 is 5.32 Å². The van der Waals surface area contributed by atoms with E-state index in [0.29, 0.717) is 11.6 Å². The zero-order valence-corrected chi connectivity index (χ0v) is 9.52. The molecule has 0 radical (unpaired) electrons. The summed E-state index contributed by atoms with van der Waals surface area (Å²) >= 11 is 0. The van der Waals surface area contributed by atoms with Crippen molar-refractivity contribution in [3.8, 4) is 0 Å². The van der Waals surface area contributed by atoms with Crippen LogP contribution in [0.3, 0.4) is 0 Å². The largest absolute Gasteiger partial charge is 0.478 e. The van der Waals surface area contributed by atoms with E-state index in [2.05, 4.69) is 17.1 Å². The SMILES string of the molecule is C[C@@H]1CCCCN1C1C=C(C(=O)O)C=CN1. The molecule has 4 nitrogen and oxygen atoms in total. The normalized spacial score (nSPS) is 30.7. The Morgan fingerprint density at radius 2 is 2.38 bits per heavy atom. The average molecular weight is 222 g/mol. The summed E-state index contributed by atoms with van der Waals surface area (Å²) < 4.78 is 0. The molecule has 1 fully saturated rings. The van der Waals surface area contributed by atoms with E-state index in [1.54, 1.807) is 18.4 Å². The Morgan fingerprint density at radius 1 is 1.56 bits per heavy atom. The fraction of sp³-hybridized carbons (Fsp3) is 0.583. The number of hydrogen-bond donors (Lipinski definition) is 2. The monoisotopic (exact) mass is 222 g/mol. The van der Waals surface area contributed by atoms with Crippen LogP contribution in [0.2, 0.25) is 0 Å². The van der Waals surface area contributed by atoms with Crippen molar-refractivity contribution in [2.45, 2.75) is 38.4 Å². The molecule has 2 aliphatic heterocycles. The van der Waals surface area contributed by atoms with Gasteiger partial charge >= 0.3 is 5.97 Å². The highest BCUT2D eigenvalue weighted by atomic mass is 16.4. The molecule has 1 saturated heterocycles. The number of nitrogens with zero attached hydrogens (tertiary/aromatic N) is 1. The predicted octanol–water partition coefficient (Wildman–Crippen LogP) is 1.31. The smallest absolute Gasteiger partial charge is 0.335 e. The molecule has 0 saturated carbocycles. The third-order valence-electron chi connectivity index (χ3n) is 3.33. The molecule has 2 atom stereocenters. The van der Waals surface area contributed by atoms with Crippen LogP contribution in [0.15, 0.2) is 23.9 Å². The lowest BCUT2D eigenvalue weighted by molar-refractivity contribution is -0.132. The molecule has 2 N–H and O–H groups in total. The van der Waals surface area contributed by atoms with Crippen LogP contribution in [0.1, 0.15) is 26.2 Å². The van der Waals surface area contributed by atoms with Crippen LogP contribution in [0.5, 0.6) is 0 Å². The maximum atomic E-state index is 10.9. The number of likely N-dealkylation sites (tertiary alicyclic amines) is 1. The Kier molecular flexibility index (Phi) is 3.29. The van der Waals surface area contributed by atoms with E-state index in [1.807, 2.05) is 0 Å². The molecule has 2 rings (SSSR count). The topological polar surface area (TPSA) is 52.6 Å². The maximum Gasteiger partial charge on any atom is 0.335 e. The second-order valence-electron chi connectivity index (χ2n) is 4.45. The zero-order chi connectivity index (χ0) is 11.5. The maximum absolute atomic E-state index is 10.9. The highest BCUT2D eigenvalue weighted by Crippen LogP contribution is 2.20. The van der Waals surface area contributed by atoms with Gasteiger partial charge in [0.1, 0.15) is 0 Å². The van der Waals surface area contributed by atoms with Gasteiger partial charge in [-0.2, -0.15) is 0 Å². The molecule has 1 unspecified atom stereocenters. The molecule has 2 aliphatic rings. The summed E-state index contributed by atoms with van der Waals surface area (Å²) in [5.41, 5.74) is 0.376. The van der Waals surface area contributed by atoms with Crippen LogP contribution >= 0.6 is 0 Å². The zero-order valence-electron chi connectivity index (χ0n) is 9.52. The van der Waals surface area contributed by atoms with E-state index in [9.17, 15) is 4.79 Å². The lowest BCUT2D eigenvalue weighted by atomic mass is 10.0. The summed E-state index contributed by atoms with van der Waals surface area (Å²) in [7, 11) is 0. The number of rotatable bonds is 2. The van der Waals surface area contributed by atoms with Crippen molar-refractivity contribution < 1.29 is 9.90 Å². The summed E-state index contributed by atoms with van der Waals surface area (Å²) in [6.07, 6.45) is 8.83. The molecule has 0 spiro atoms. The summed E-state index contributed by atoms with van der Waals surface area (Å²) in [5, 5.41) is 12.2. The predicted molar refractivity (Wildman–Crippen MR) is 61.8 cm³/mol. The summed E-state index contributed by atoms with van der Waals surface area (Å²) in [5.74, 6) is -0.854. The third kappa shape index (κ3) is 2.27. The molecule has 4 heteroatoms. The Bertz CT molecular complexity index is 336. The van der Waals surface area contributed by atoms with E-state index in [4.69, 9.17) is 5.11 Å². The number of hydrogen-bond acceptors (Lipinski definition) is 3. The second kappa shape index (κ2) is 4.70. The van der Waals surface area contributed by atoms with Crippen molar-refractivity contribution in [3.63, 3.8) is 0 Å². The Hall–Kier alpha value is -1.29. The fourth-order valence-corrected chi connectivity index (χ4v) is 2.38. The van der Waals surface area contributed by atoms with Gasteiger partial charge < -0.3 is 10.4 Å². The molecule has 0 aromatic heterocycles. The fourth-order valence-electron chi connectivity index (χ4n) is 2.38. The van der Waals surface area contributed by atoms with E-state index in [-0.39, 0.29) is 6.17 Å². The van der Waals surface area contributed by atoms with E-state index < -0.39 is 5.97 Å². The molecule has 0 amide bonds. The number of piperidine rings is 1. The minimum Gasteiger partial charge on any atom is -0.478 e. The summed E-state index contributed by atoms with van der Waals surface area (Å²) in [4.78, 5) is 13.2. The molecule has 0 aliphatic carbocycles. The number of aliphatic carboxylic acids is 1. The van der Waals surface area contributed by atoms with Gasteiger partial charge in [0.2, 0.25) is 0 Å². The summed E-state index contributed by atoms with van der Waals surface area (Å²) in [6.45, 7) is 3.24. The van der Waals surface area contributed by atoms with Gasteiger partial charge in [0, 0.05) is 12.6 Å². The number of carboxylic acid groups (broad SMARTS) is 1. The first kappa shape index (κ1) is 11.2. The van der Waals surface area contributed by atoms with Crippen LogP contribution in [0.4, 0.5) is 0 Å². The molecule has 0 bridgehead atoms. The third-order valence-corrected chi connectivity index (χ3v) is 3.33. The number of nitrogens with one attached hydrogen (secondary N) is 1. The highest BCUT2D eigenvalue weighted by molar-refractivity contribution is 5.90. The highest BCUT2D eigenvalue weighted by Gasteiger charge is 2.26. The van der Waals surface area contributed by atoms with Crippen LogP contribution in [-0.2, 0) is 4.79 Å². The lowest BCUT2D eigenvalue weighted by Gasteiger charge is -2.39. The minimum atomic E-state index is -0.854. The minimum absolute atomic E-state index is 0.0337. The van der Waals surface area contributed by atoms with Crippen molar-refractivity contribution in [1.29, 1.82) is 0 Å². The first-order valence-corrected chi connectivity index (χ1v) is 5.82. The molecule has 0 aromatic carbocycles. The second-order valence-corrected chi connectivity index (χ2v) is 4.45. The number of carbonyl (C=O) groups is 1. The van der Waals surface area contributed by atoms with E-state index in [1.165, 1.54) is 19.3 Å². The van der Waals surface area contributed by atoms with Gasteiger partial charge in [-0.15, -0.1) is 0 Å². The van der Waals surface area contributed by atoms with Crippen LogP contribution in [0, 0.1) is 0 Å². The van der Waals surface area contributed by atoms with Gasteiger partial charge in [0.25, 0.3) is 0 Å². The number of carboxylic acids is 1. The van der Waals surface area contributed by atoms with Gasteiger partial charge in [0.05, 0.1) is 11.7 Å². The van der Waals surface area contributed by atoms with Crippen LogP contribution in [-0.4, -0.2) is 34.7 Å². The van der Waals surface area contributed by atoms with E-state index >= 15 is 0 Å². The van der Waals surface area contributed by atoms with E-state index in [0.717, 1.165) is 6.54 Å². The first-order valence-electron chi connectivity index (χ1n) is 5.82. The van der Waals surface area contributed by atoms with Gasteiger partial charge in [-0.1, -0.05) is 6.42 Å². The summed E-state index contributed by atoms with van der Waals surface area (Å²) in [6, 6.07) is 0.518. The average Bonchev–Trinajstić information content (AvgIpc) is 2.30. The quantitative estimate of drug-likeness (QED) is 0.739. The number of dihydropyridines is 1. The van der Waals surface area contributed by atoms with Crippen molar-refractivity contribution in [1.82, 2.24) is 10.2 Å². The van der Waals surface area contributed by atoms with Gasteiger partial charge in [-0.25, -0.2) is 4.79 Å². The Morgan fingerprint density at radius 3 is 3.06 bits per heavy atom. The molecular weight excluding hydrogens is 204 g/mol. The first-order chi connectivity index (χ1) is 7.68. The van der Waals surface area contributed by atoms with Gasteiger partial charge in [-0.3, -0.25) is 4.90 Å². The van der Waals surface area contributed by atoms with Crippen molar-refractivity contribution in [2.24, 2.45) is 0 Å². The van der Waals surface area contributed by atoms with Gasteiger partial charge in [-0.05, 0) is 38.1 Å². The van der Waals surface area contributed by atoms with Crippen molar-refractivity contribution in [2.75, 3.05) is 6.54 Å². The molecule has 88 valence electrons. The Labute approximate surface area is 95.6 Å². The van der Waals surface area contributed by atoms with Crippen LogP contribution in [0.25, 0.3) is 0 Å². The molecule has 2 heterocycles. The van der Waals surface area contributed by atoms with Crippen molar-refractivity contribution in [3.05, 3.63) is 23.9 Å². The lowest BCUT2D eigenvalue weighted by Crippen LogP contribution is -2.50.